The van der Waals surface area contributed by atoms with E-state index in [0.717, 1.165) is 12.6 Å². The fraction of sp³-hybridized carbons (Fsp3) is 0.857. The number of piperidine rings is 1. The number of hydrogen-bond acceptors (Lipinski definition) is 2. The number of nitrogens with zero attached hydrogens (tertiary/aromatic N) is 1. The van der Waals surface area contributed by atoms with Crippen LogP contribution in [0.25, 0.3) is 0 Å². The zero-order chi connectivity index (χ0) is 11.8. The van der Waals surface area contributed by atoms with Gasteiger partial charge in [-0.25, -0.2) is 0 Å². The summed E-state index contributed by atoms with van der Waals surface area (Å²) in [6, 6.07) is 1.42. The van der Waals surface area contributed by atoms with E-state index < -0.39 is 0 Å². The SMILES string of the molecule is C#CCNCC(C)N1CCCCC1CCC. The first-order valence-corrected chi connectivity index (χ1v) is 6.69. The summed E-state index contributed by atoms with van der Waals surface area (Å²) >= 11 is 0. The fourth-order valence-electron chi connectivity index (χ4n) is 2.72. The van der Waals surface area contributed by atoms with Crippen molar-refractivity contribution >= 4 is 0 Å². The number of hydrogen-bond donors (Lipinski definition) is 1. The summed E-state index contributed by atoms with van der Waals surface area (Å²) in [5, 5.41) is 3.32. The van der Waals surface area contributed by atoms with E-state index in [1.54, 1.807) is 0 Å². The first-order valence-electron chi connectivity index (χ1n) is 6.69. The predicted molar refractivity (Wildman–Crippen MR) is 70.4 cm³/mol. The lowest BCUT2D eigenvalue weighted by molar-refractivity contribution is 0.0962. The highest BCUT2D eigenvalue weighted by Crippen LogP contribution is 2.22. The number of nitrogens with one attached hydrogen (secondary N) is 1. The molecule has 1 N–H and O–H groups in total. The van der Waals surface area contributed by atoms with Crippen molar-refractivity contribution in [3.05, 3.63) is 0 Å². The molecule has 0 aromatic carbocycles. The first-order chi connectivity index (χ1) is 7.79. The van der Waals surface area contributed by atoms with E-state index in [1.807, 2.05) is 0 Å². The molecule has 0 radical (unpaired) electrons. The van der Waals surface area contributed by atoms with Crippen LogP contribution in [-0.4, -0.2) is 36.6 Å². The van der Waals surface area contributed by atoms with Gasteiger partial charge >= 0.3 is 0 Å². The maximum absolute atomic E-state index is 5.24. The molecule has 1 aliphatic heterocycles. The summed E-state index contributed by atoms with van der Waals surface area (Å²) in [4.78, 5) is 2.68. The molecule has 1 fully saturated rings. The average Bonchev–Trinajstić information content (AvgIpc) is 2.30. The fourth-order valence-corrected chi connectivity index (χ4v) is 2.72. The zero-order valence-corrected chi connectivity index (χ0v) is 10.8. The van der Waals surface area contributed by atoms with E-state index in [2.05, 4.69) is 30.0 Å². The second-order valence-corrected chi connectivity index (χ2v) is 4.86. The second kappa shape index (κ2) is 7.70. The summed E-state index contributed by atoms with van der Waals surface area (Å²) in [6.07, 6.45) is 12.0. The van der Waals surface area contributed by atoms with Crippen LogP contribution in [0.5, 0.6) is 0 Å². The average molecular weight is 222 g/mol. The van der Waals surface area contributed by atoms with Crippen molar-refractivity contribution in [2.75, 3.05) is 19.6 Å². The van der Waals surface area contributed by atoms with Crippen molar-refractivity contribution in [2.24, 2.45) is 0 Å². The molecular formula is C14H26N2. The minimum absolute atomic E-state index is 0.616. The molecule has 0 aromatic heterocycles. The van der Waals surface area contributed by atoms with Gasteiger partial charge in [0.05, 0.1) is 6.54 Å². The van der Waals surface area contributed by atoms with Gasteiger partial charge in [0.15, 0.2) is 0 Å². The molecule has 1 saturated heterocycles. The second-order valence-electron chi connectivity index (χ2n) is 4.86. The minimum Gasteiger partial charge on any atom is -0.305 e. The summed E-state index contributed by atoms with van der Waals surface area (Å²) in [5.41, 5.74) is 0. The van der Waals surface area contributed by atoms with Crippen molar-refractivity contribution in [3.63, 3.8) is 0 Å². The Morgan fingerprint density at radius 3 is 3.00 bits per heavy atom. The Hall–Kier alpha value is -0.520. The van der Waals surface area contributed by atoms with Crippen molar-refractivity contribution in [2.45, 2.75) is 58.0 Å². The number of likely N-dealkylation sites (tertiary alicyclic amines) is 1. The molecule has 92 valence electrons. The van der Waals surface area contributed by atoms with E-state index in [-0.39, 0.29) is 0 Å². The smallest absolute Gasteiger partial charge is 0.0574 e. The monoisotopic (exact) mass is 222 g/mol. The Balaban J connectivity index is 2.37. The molecule has 0 spiro atoms. The standard InChI is InChI=1S/C14H26N2/c1-4-8-14-9-6-7-11-16(14)13(3)12-15-10-5-2/h2,13-15H,4,6-12H2,1,3H3. The third-order valence-electron chi connectivity index (χ3n) is 3.53. The van der Waals surface area contributed by atoms with E-state index in [0.29, 0.717) is 12.6 Å². The van der Waals surface area contributed by atoms with Gasteiger partial charge in [-0.15, -0.1) is 6.42 Å². The molecule has 0 aromatic rings. The van der Waals surface area contributed by atoms with Crippen LogP contribution in [0.2, 0.25) is 0 Å². The van der Waals surface area contributed by atoms with Crippen LogP contribution < -0.4 is 5.32 Å². The molecule has 1 aliphatic rings. The van der Waals surface area contributed by atoms with Crippen LogP contribution in [-0.2, 0) is 0 Å². The first kappa shape index (κ1) is 13.5. The highest BCUT2D eigenvalue weighted by atomic mass is 15.2. The Morgan fingerprint density at radius 2 is 2.31 bits per heavy atom. The van der Waals surface area contributed by atoms with Gasteiger partial charge in [-0.2, -0.15) is 0 Å². The van der Waals surface area contributed by atoms with Crippen LogP contribution in [0.3, 0.4) is 0 Å². The lowest BCUT2D eigenvalue weighted by Crippen LogP contribution is -2.48. The van der Waals surface area contributed by atoms with Crippen LogP contribution in [0, 0.1) is 12.3 Å². The third kappa shape index (κ3) is 4.15. The molecule has 2 atom stereocenters. The van der Waals surface area contributed by atoms with Gasteiger partial charge in [-0.1, -0.05) is 25.7 Å². The van der Waals surface area contributed by atoms with Gasteiger partial charge in [-0.05, 0) is 32.7 Å². The molecule has 0 aliphatic carbocycles. The molecule has 2 heteroatoms. The largest absolute Gasteiger partial charge is 0.305 e. The third-order valence-corrected chi connectivity index (χ3v) is 3.53. The van der Waals surface area contributed by atoms with Crippen LogP contribution in [0.4, 0.5) is 0 Å². The van der Waals surface area contributed by atoms with Crippen molar-refractivity contribution in [1.82, 2.24) is 10.2 Å². The molecule has 2 nitrogen and oxygen atoms in total. The molecule has 0 amide bonds. The molecule has 0 bridgehead atoms. The highest BCUT2D eigenvalue weighted by molar-refractivity contribution is 4.88. The summed E-state index contributed by atoms with van der Waals surface area (Å²) in [6.45, 7) is 7.58. The molecule has 0 saturated carbocycles. The highest BCUT2D eigenvalue weighted by Gasteiger charge is 2.25. The maximum atomic E-state index is 5.24. The molecular weight excluding hydrogens is 196 g/mol. The lowest BCUT2D eigenvalue weighted by Gasteiger charge is -2.40. The van der Waals surface area contributed by atoms with Gasteiger partial charge in [0.2, 0.25) is 0 Å². The van der Waals surface area contributed by atoms with E-state index in [1.165, 1.54) is 38.6 Å². The Labute approximate surface area is 101 Å². The van der Waals surface area contributed by atoms with Crippen molar-refractivity contribution in [1.29, 1.82) is 0 Å². The van der Waals surface area contributed by atoms with E-state index >= 15 is 0 Å². The minimum atomic E-state index is 0.616. The number of terminal acetylenes is 1. The van der Waals surface area contributed by atoms with Gasteiger partial charge < -0.3 is 5.32 Å². The lowest BCUT2D eigenvalue weighted by atomic mass is 9.96. The topological polar surface area (TPSA) is 15.3 Å². The molecule has 2 unspecified atom stereocenters. The number of rotatable bonds is 6. The Morgan fingerprint density at radius 1 is 1.50 bits per heavy atom. The van der Waals surface area contributed by atoms with Gasteiger partial charge in [0, 0.05) is 18.6 Å². The summed E-state index contributed by atoms with van der Waals surface area (Å²) in [5.74, 6) is 2.63. The molecule has 16 heavy (non-hydrogen) atoms. The maximum Gasteiger partial charge on any atom is 0.0574 e. The Bertz CT molecular complexity index is 217. The molecule has 1 heterocycles. The van der Waals surface area contributed by atoms with Crippen molar-refractivity contribution in [3.8, 4) is 12.3 Å². The van der Waals surface area contributed by atoms with Gasteiger partial charge in [-0.3, -0.25) is 4.90 Å². The van der Waals surface area contributed by atoms with Crippen LogP contribution >= 0.6 is 0 Å². The van der Waals surface area contributed by atoms with Crippen LogP contribution in [0.15, 0.2) is 0 Å². The normalized spacial score (nSPS) is 23.9. The van der Waals surface area contributed by atoms with Gasteiger partial charge in [0.25, 0.3) is 0 Å². The van der Waals surface area contributed by atoms with Crippen molar-refractivity contribution < 1.29 is 0 Å². The van der Waals surface area contributed by atoms with Gasteiger partial charge in [0.1, 0.15) is 0 Å². The molecule has 1 rings (SSSR count). The summed E-state index contributed by atoms with van der Waals surface area (Å²) < 4.78 is 0. The van der Waals surface area contributed by atoms with Crippen LogP contribution in [0.1, 0.15) is 46.0 Å². The van der Waals surface area contributed by atoms with E-state index in [4.69, 9.17) is 6.42 Å². The predicted octanol–water partition coefficient (Wildman–Crippen LogP) is 2.25. The Kier molecular flexibility index (Phi) is 6.52. The summed E-state index contributed by atoms with van der Waals surface area (Å²) in [7, 11) is 0. The van der Waals surface area contributed by atoms with E-state index in [9.17, 15) is 0 Å². The zero-order valence-electron chi connectivity index (χ0n) is 10.8. The quantitative estimate of drug-likeness (QED) is 0.548.